The van der Waals surface area contributed by atoms with Gasteiger partial charge in [0.2, 0.25) is 0 Å². The van der Waals surface area contributed by atoms with E-state index in [4.69, 9.17) is 4.74 Å². The van der Waals surface area contributed by atoms with E-state index in [0.717, 1.165) is 12.8 Å². The number of rotatable bonds is 5. The van der Waals surface area contributed by atoms with E-state index in [1.807, 2.05) is 18.2 Å². The van der Waals surface area contributed by atoms with Crippen LogP contribution in [0.2, 0.25) is 0 Å². The standard InChI is InChI=1S/C18H19FN2O2/c1-23-18(20-13-5-8-14-6-3-2-4-7-14)21-17(22)15-9-11-16(19)12-10-15/h2-4,6-7,9-12H,5,8,13H2,1H3,(H,20,21,22). The molecule has 0 heterocycles. The fourth-order valence-electron chi connectivity index (χ4n) is 2.03. The van der Waals surface area contributed by atoms with Crippen LogP contribution in [-0.4, -0.2) is 25.6 Å². The lowest BCUT2D eigenvalue weighted by Crippen LogP contribution is -2.32. The van der Waals surface area contributed by atoms with Gasteiger partial charge >= 0.3 is 0 Å². The fraction of sp³-hybridized carbons (Fsp3) is 0.222. The Labute approximate surface area is 135 Å². The van der Waals surface area contributed by atoms with E-state index in [2.05, 4.69) is 22.4 Å². The highest BCUT2D eigenvalue weighted by atomic mass is 19.1. The van der Waals surface area contributed by atoms with Crippen molar-refractivity contribution in [2.45, 2.75) is 12.8 Å². The number of amidine groups is 1. The summed E-state index contributed by atoms with van der Waals surface area (Å²) in [6, 6.07) is 15.6. The van der Waals surface area contributed by atoms with E-state index in [1.54, 1.807) is 0 Å². The zero-order chi connectivity index (χ0) is 16.5. The first-order chi connectivity index (χ1) is 11.2. The third-order valence-corrected chi connectivity index (χ3v) is 3.24. The van der Waals surface area contributed by atoms with Crippen LogP contribution in [0.15, 0.2) is 59.6 Å². The predicted molar refractivity (Wildman–Crippen MR) is 87.9 cm³/mol. The maximum absolute atomic E-state index is 12.8. The van der Waals surface area contributed by atoms with Gasteiger partial charge in [0.25, 0.3) is 11.9 Å². The molecule has 0 fully saturated rings. The molecule has 2 aromatic rings. The lowest BCUT2D eigenvalue weighted by Gasteiger charge is -2.07. The van der Waals surface area contributed by atoms with E-state index in [-0.39, 0.29) is 17.7 Å². The van der Waals surface area contributed by atoms with Crippen molar-refractivity contribution in [2.24, 2.45) is 4.99 Å². The van der Waals surface area contributed by atoms with E-state index in [0.29, 0.717) is 12.1 Å². The van der Waals surface area contributed by atoms with Crippen LogP contribution >= 0.6 is 0 Å². The summed E-state index contributed by atoms with van der Waals surface area (Å²) in [5, 5.41) is 2.57. The van der Waals surface area contributed by atoms with Crippen LogP contribution in [0, 0.1) is 5.82 Å². The van der Waals surface area contributed by atoms with Gasteiger partial charge in [0, 0.05) is 12.1 Å². The SMILES string of the molecule is COC(=NCCCc1ccccc1)NC(=O)c1ccc(F)cc1. The normalized spacial score (nSPS) is 11.1. The van der Waals surface area contributed by atoms with Crippen LogP contribution in [0.1, 0.15) is 22.3 Å². The highest BCUT2D eigenvalue weighted by molar-refractivity contribution is 6.04. The number of methoxy groups -OCH3 is 1. The number of hydrogen-bond acceptors (Lipinski definition) is 3. The van der Waals surface area contributed by atoms with Crippen molar-refractivity contribution in [1.29, 1.82) is 0 Å². The predicted octanol–water partition coefficient (Wildman–Crippen LogP) is 3.19. The Balaban J connectivity index is 1.84. The average molecular weight is 314 g/mol. The van der Waals surface area contributed by atoms with Crippen LogP contribution in [0.4, 0.5) is 4.39 Å². The number of amides is 1. The molecule has 2 rings (SSSR count). The number of nitrogens with zero attached hydrogens (tertiary/aromatic N) is 1. The summed E-state index contributed by atoms with van der Waals surface area (Å²) in [5.74, 6) is -0.767. The molecule has 4 nitrogen and oxygen atoms in total. The third kappa shape index (κ3) is 5.54. The molecule has 0 aliphatic heterocycles. The number of aryl methyl sites for hydroxylation is 1. The minimum absolute atomic E-state index is 0.160. The Kier molecular flexibility index (Phi) is 6.29. The molecule has 0 saturated carbocycles. The summed E-state index contributed by atoms with van der Waals surface area (Å²) in [6.45, 7) is 0.543. The Morgan fingerprint density at radius 2 is 1.83 bits per heavy atom. The second-order valence-corrected chi connectivity index (χ2v) is 4.94. The summed E-state index contributed by atoms with van der Waals surface area (Å²) in [6.07, 6.45) is 1.76. The number of aliphatic imine (C=N–C) groups is 1. The van der Waals surface area contributed by atoms with Crippen LogP contribution in [0.3, 0.4) is 0 Å². The molecule has 0 saturated heterocycles. The lowest BCUT2D eigenvalue weighted by atomic mass is 10.1. The Morgan fingerprint density at radius 3 is 2.48 bits per heavy atom. The maximum Gasteiger partial charge on any atom is 0.291 e. The van der Waals surface area contributed by atoms with Gasteiger partial charge in [-0.15, -0.1) is 0 Å². The summed E-state index contributed by atoms with van der Waals surface area (Å²) in [4.78, 5) is 16.2. The second-order valence-electron chi connectivity index (χ2n) is 4.94. The number of benzene rings is 2. The van der Waals surface area contributed by atoms with Gasteiger partial charge in [-0.1, -0.05) is 30.3 Å². The van der Waals surface area contributed by atoms with Crippen molar-refractivity contribution in [2.75, 3.05) is 13.7 Å². The molecule has 120 valence electrons. The van der Waals surface area contributed by atoms with Crippen molar-refractivity contribution in [3.8, 4) is 0 Å². The molecule has 2 aromatic carbocycles. The first-order valence-electron chi connectivity index (χ1n) is 7.38. The number of carbonyl (C=O) groups is 1. The number of ether oxygens (including phenoxy) is 1. The summed E-state index contributed by atoms with van der Waals surface area (Å²) >= 11 is 0. The van der Waals surface area contributed by atoms with Gasteiger partial charge in [0.15, 0.2) is 0 Å². The highest BCUT2D eigenvalue weighted by Gasteiger charge is 2.08. The molecule has 0 aromatic heterocycles. The number of halogens is 1. The molecular formula is C18H19FN2O2. The van der Waals surface area contributed by atoms with Gasteiger partial charge in [-0.2, -0.15) is 0 Å². The first-order valence-corrected chi connectivity index (χ1v) is 7.38. The number of hydrogen-bond donors (Lipinski definition) is 1. The van der Waals surface area contributed by atoms with Gasteiger partial charge in [-0.05, 0) is 42.7 Å². The second kappa shape index (κ2) is 8.68. The van der Waals surface area contributed by atoms with E-state index in [9.17, 15) is 9.18 Å². The topological polar surface area (TPSA) is 50.7 Å². The summed E-state index contributed by atoms with van der Waals surface area (Å²) in [5.41, 5.74) is 1.59. The molecule has 5 heteroatoms. The van der Waals surface area contributed by atoms with Crippen LogP contribution in [0.5, 0.6) is 0 Å². The molecule has 0 radical (unpaired) electrons. The van der Waals surface area contributed by atoms with Crippen molar-refractivity contribution in [1.82, 2.24) is 5.32 Å². The molecule has 23 heavy (non-hydrogen) atoms. The van der Waals surface area contributed by atoms with Gasteiger partial charge in [-0.25, -0.2) is 9.38 Å². The Hall–Kier alpha value is -2.69. The molecular weight excluding hydrogens is 295 g/mol. The van der Waals surface area contributed by atoms with E-state index < -0.39 is 0 Å². The molecule has 1 N–H and O–H groups in total. The third-order valence-electron chi connectivity index (χ3n) is 3.24. The Morgan fingerprint density at radius 1 is 1.13 bits per heavy atom. The quantitative estimate of drug-likeness (QED) is 0.523. The largest absolute Gasteiger partial charge is 0.468 e. The lowest BCUT2D eigenvalue weighted by molar-refractivity contribution is 0.0968. The van der Waals surface area contributed by atoms with Gasteiger partial charge in [-0.3, -0.25) is 10.1 Å². The fourth-order valence-corrected chi connectivity index (χ4v) is 2.03. The summed E-state index contributed by atoms with van der Waals surface area (Å²) < 4.78 is 17.9. The van der Waals surface area contributed by atoms with Crippen molar-refractivity contribution in [3.05, 3.63) is 71.5 Å². The molecule has 0 atom stereocenters. The molecule has 0 bridgehead atoms. The Bertz CT molecular complexity index is 654. The maximum atomic E-state index is 12.8. The average Bonchev–Trinajstić information content (AvgIpc) is 2.59. The molecule has 0 spiro atoms. The zero-order valence-electron chi connectivity index (χ0n) is 13.0. The smallest absolute Gasteiger partial charge is 0.291 e. The van der Waals surface area contributed by atoms with Crippen LogP contribution in [0.25, 0.3) is 0 Å². The van der Waals surface area contributed by atoms with E-state index in [1.165, 1.54) is 36.9 Å². The zero-order valence-corrected chi connectivity index (χ0v) is 13.0. The monoisotopic (exact) mass is 314 g/mol. The van der Waals surface area contributed by atoms with Crippen molar-refractivity contribution < 1.29 is 13.9 Å². The molecule has 0 unspecified atom stereocenters. The van der Waals surface area contributed by atoms with Crippen molar-refractivity contribution in [3.63, 3.8) is 0 Å². The highest BCUT2D eigenvalue weighted by Crippen LogP contribution is 2.04. The minimum atomic E-state index is -0.386. The number of nitrogens with one attached hydrogen (secondary N) is 1. The summed E-state index contributed by atoms with van der Waals surface area (Å²) in [7, 11) is 1.45. The van der Waals surface area contributed by atoms with Crippen LogP contribution in [-0.2, 0) is 11.2 Å². The number of carbonyl (C=O) groups excluding carboxylic acids is 1. The van der Waals surface area contributed by atoms with E-state index >= 15 is 0 Å². The molecule has 1 amide bonds. The van der Waals surface area contributed by atoms with Crippen molar-refractivity contribution >= 4 is 11.9 Å². The molecule has 0 aliphatic carbocycles. The van der Waals surface area contributed by atoms with Gasteiger partial charge in [0.1, 0.15) is 5.82 Å². The van der Waals surface area contributed by atoms with Gasteiger partial charge < -0.3 is 4.74 Å². The molecule has 0 aliphatic rings. The minimum Gasteiger partial charge on any atom is -0.468 e. The van der Waals surface area contributed by atoms with Gasteiger partial charge in [0.05, 0.1) is 7.11 Å². The van der Waals surface area contributed by atoms with Crippen LogP contribution < -0.4 is 5.32 Å². The first kappa shape index (κ1) is 16.7.